The first-order valence-corrected chi connectivity index (χ1v) is 9.22. The minimum absolute atomic E-state index is 0.0104. The van der Waals surface area contributed by atoms with Gasteiger partial charge in [-0.3, -0.25) is 14.6 Å². The molecule has 1 aromatic rings. The molecule has 0 aliphatic heterocycles. The Kier molecular flexibility index (Phi) is 6.32. The molecule has 2 rings (SSSR count). The molecule has 1 heterocycles. The van der Waals surface area contributed by atoms with Gasteiger partial charge in [-0.1, -0.05) is 13.8 Å². The van der Waals surface area contributed by atoms with E-state index in [1.54, 1.807) is 13.8 Å². The number of pyridine rings is 1. The molecule has 7 heteroatoms. The molecule has 0 bridgehead atoms. The van der Waals surface area contributed by atoms with Crippen molar-refractivity contribution in [1.82, 2.24) is 4.98 Å². The Labute approximate surface area is 157 Å². The molecule has 0 N–H and O–H groups in total. The fraction of sp³-hybridized carbons (Fsp3) is 0.650. The monoisotopic (exact) mass is 385 g/mol. The zero-order valence-electron chi connectivity index (χ0n) is 16.3. The van der Waals surface area contributed by atoms with E-state index in [1.807, 2.05) is 13.8 Å². The minimum Gasteiger partial charge on any atom is -0.465 e. The molecule has 150 valence electrons. The maximum atomic E-state index is 13.7. The number of hydrogen-bond donors (Lipinski definition) is 0. The zero-order valence-corrected chi connectivity index (χ0v) is 16.3. The van der Waals surface area contributed by atoms with Crippen molar-refractivity contribution in [2.45, 2.75) is 59.6 Å². The predicted octanol–water partition coefficient (Wildman–Crippen LogP) is 4.62. The van der Waals surface area contributed by atoms with E-state index in [0.717, 1.165) is 0 Å². The summed E-state index contributed by atoms with van der Waals surface area (Å²) >= 11 is 0. The van der Waals surface area contributed by atoms with Gasteiger partial charge in [0.2, 0.25) is 0 Å². The van der Waals surface area contributed by atoms with E-state index in [4.69, 9.17) is 4.74 Å². The predicted molar refractivity (Wildman–Crippen MR) is 94.1 cm³/mol. The summed E-state index contributed by atoms with van der Waals surface area (Å²) in [5.74, 6) is -2.82. The van der Waals surface area contributed by atoms with E-state index >= 15 is 0 Å². The molecule has 1 fully saturated rings. The molecule has 0 aromatic carbocycles. The number of ketones is 1. The Morgan fingerprint density at radius 3 is 2.48 bits per heavy atom. The normalized spacial score (nSPS) is 23.6. The highest BCUT2D eigenvalue weighted by Crippen LogP contribution is 2.46. The number of alkyl halides is 3. The Morgan fingerprint density at radius 1 is 1.33 bits per heavy atom. The Bertz CT molecular complexity index is 728. The highest BCUT2D eigenvalue weighted by molar-refractivity contribution is 6.00. The number of Topliss-reactive ketones (excluding diaryl/α,β-unsaturated/α-hetero) is 1. The van der Waals surface area contributed by atoms with Crippen LogP contribution >= 0.6 is 0 Å². The first-order chi connectivity index (χ1) is 12.5. The summed E-state index contributed by atoms with van der Waals surface area (Å²) in [6.45, 7) is 8.67. The Balaban J connectivity index is 2.52. The number of rotatable bonds is 4. The van der Waals surface area contributed by atoms with Crippen LogP contribution in [0.5, 0.6) is 0 Å². The number of nitrogens with zero attached hydrogens (tertiary/aromatic N) is 1. The summed E-state index contributed by atoms with van der Waals surface area (Å²) in [6, 6.07) is 1.41. The smallest absolute Gasteiger partial charge is 0.418 e. The SMILES string of the molecule is CCOC(=O)C1CC(C(C)C)C(c2nc(C)cc(C)c2C(F)(F)F)CC1=O. The molecule has 1 aromatic heterocycles. The molecule has 3 atom stereocenters. The van der Waals surface area contributed by atoms with Crippen molar-refractivity contribution in [2.24, 2.45) is 17.8 Å². The topological polar surface area (TPSA) is 56.3 Å². The van der Waals surface area contributed by atoms with Crippen LogP contribution in [0.4, 0.5) is 13.2 Å². The van der Waals surface area contributed by atoms with Crippen LogP contribution in [0.3, 0.4) is 0 Å². The van der Waals surface area contributed by atoms with Crippen LogP contribution in [0.2, 0.25) is 0 Å². The van der Waals surface area contributed by atoms with Gasteiger partial charge in [0.1, 0.15) is 11.7 Å². The highest BCUT2D eigenvalue weighted by Gasteiger charge is 2.46. The van der Waals surface area contributed by atoms with Crippen molar-refractivity contribution in [3.05, 3.63) is 28.6 Å². The van der Waals surface area contributed by atoms with Crippen molar-refractivity contribution in [3.8, 4) is 0 Å². The lowest BCUT2D eigenvalue weighted by molar-refractivity contribution is -0.154. The van der Waals surface area contributed by atoms with Gasteiger partial charge in [0.05, 0.1) is 17.9 Å². The van der Waals surface area contributed by atoms with Gasteiger partial charge in [0, 0.05) is 18.0 Å². The van der Waals surface area contributed by atoms with Crippen molar-refractivity contribution in [2.75, 3.05) is 6.61 Å². The molecule has 1 saturated carbocycles. The third-order valence-electron chi connectivity index (χ3n) is 5.27. The van der Waals surface area contributed by atoms with E-state index in [0.29, 0.717) is 5.69 Å². The maximum absolute atomic E-state index is 13.7. The molecule has 0 spiro atoms. The third kappa shape index (κ3) is 4.50. The van der Waals surface area contributed by atoms with Crippen LogP contribution in [0.1, 0.15) is 62.0 Å². The summed E-state index contributed by atoms with van der Waals surface area (Å²) in [7, 11) is 0. The van der Waals surface area contributed by atoms with E-state index in [1.165, 1.54) is 13.0 Å². The summed E-state index contributed by atoms with van der Waals surface area (Å²) in [6.07, 6.45) is -4.50. The lowest BCUT2D eigenvalue weighted by atomic mass is 9.67. The van der Waals surface area contributed by atoms with Crippen LogP contribution in [-0.2, 0) is 20.5 Å². The first kappa shape index (κ1) is 21.4. The van der Waals surface area contributed by atoms with E-state index < -0.39 is 29.5 Å². The molecule has 4 nitrogen and oxygen atoms in total. The lowest BCUT2D eigenvalue weighted by Gasteiger charge is -2.37. The van der Waals surface area contributed by atoms with Crippen LogP contribution < -0.4 is 0 Å². The second-order valence-corrected chi connectivity index (χ2v) is 7.56. The number of ether oxygens (including phenoxy) is 1. The molecule has 27 heavy (non-hydrogen) atoms. The molecule has 1 aliphatic rings. The van der Waals surface area contributed by atoms with Crippen LogP contribution in [-0.4, -0.2) is 23.3 Å². The second kappa shape index (κ2) is 7.98. The average Bonchev–Trinajstić information content (AvgIpc) is 2.52. The summed E-state index contributed by atoms with van der Waals surface area (Å²) in [5, 5.41) is 0. The number of aryl methyl sites for hydroxylation is 2. The first-order valence-electron chi connectivity index (χ1n) is 9.22. The molecule has 3 unspecified atom stereocenters. The fourth-order valence-corrected chi connectivity index (χ4v) is 4.09. The third-order valence-corrected chi connectivity index (χ3v) is 5.27. The summed E-state index contributed by atoms with van der Waals surface area (Å²) in [5.41, 5.74) is -0.245. The number of carbonyl (C=O) groups excluding carboxylic acids is 2. The summed E-state index contributed by atoms with van der Waals surface area (Å²) < 4.78 is 46.2. The van der Waals surface area contributed by atoms with Gasteiger partial charge in [0.15, 0.2) is 0 Å². The zero-order chi connectivity index (χ0) is 20.5. The van der Waals surface area contributed by atoms with E-state index in [-0.39, 0.29) is 48.3 Å². The highest BCUT2D eigenvalue weighted by atomic mass is 19.4. The van der Waals surface area contributed by atoms with Crippen LogP contribution in [0.25, 0.3) is 0 Å². The quantitative estimate of drug-likeness (QED) is 0.561. The van der Waals surface area contributed by atoms with Gasteiger partial charge >= 0.3 is 12.1 Å². The van der Waals surface area contributed by atoms with Gasteiger partial charge in [-0.15, -0.1) is 0 Å². The van der Waals surface area contributed by atoms with E-state index in [2.05, 4.69) is 4.98 Å². The Morgan fingerprint density at radius 2 is 1.96 bits per heavy atom. The van der Waals surface area contributed by atoms with Gasteiger partial charge in [-0.05, 0) is 50.7 Å². The molecular formula is C20H26F3NO3. The van der Waals surface area contributed by atoms with Crippen molar-refractivity contribution >= 4 is 11.8 Å². The van der Waals surface area contributed by atoms with Crippen molar-refractivity contribution in [1.29, 1.82) is 0 Å². The van der Waals surface area contributed by atoms with Crippen molar-refractivity contribution in [3.63, 3.8) is 0 Å². The van der Waals surface area contributed by atoms with Gasteiger partial charge in [0.25, 0.3) is 0 Å². The molecule has 0 radical (unpaired) electrons. The van der Waals surface area contributed by atoms with Gasteiger partial charge in [-0.25, -0.2) is 0 Å². The average molecular weight is 385 g/mol. The molecular weight excluding hydrogens is 359 g/mol. The standard InChI is InChI=1S/C20H26F3NO3/c1-6-27-19(26)15-8-13(10(2)3)14(9-16(15)25)18-17(20(21,22)23)11(4)7-12(5)24-18/h7,10,13-15H,6,8-9H2,1-5H3. The fourth-order valence-electron chi connectivity index (χ4n) is 4.09. The number of aromatic nitrogens is 1. The molecule has 0 saturated heterocycles. The number of esters is 1. The van der Waals surface area contributed by atoms with E-state index in [9.17, 15) is 22.8 Å². The lowest BCUT2D eigenvalue weighted by Crippen LogP contribution is -2.39. The number of carbonyl (C=O) groups is 2. The second-order valence-electron chi connectivity index (χ2n) is 7.56. The van der Waals surface area contributed by atoms with Gasteiger partial charge < -0.3 is 4.74 Å². The number of hydrogen-bond acceptors (Lipinski definition) is 4. The Hall–Kier alpha value is -1.92. The van der Waals surface area contributed by atoms with Crippen LogP contribution in [0.15, 0.2) is 6.07 Å². The van der Waals surface area contributed by atoms with Gasteiger partial charge in [-0.2, -0.15) is 13.2 Å². The largest absolute Gasteiger partial charge is 0.465 e. The minimum atomic E-state index is -4.55. The number of halogens is 3. The molecule has 0 amide bonds. The maximum Gasteiger partial charge on any atom is 0.418 e. The summed E-state index contributed by atoms with van der Waals surface area (Å²) in [4.78, 5) is 28.9. The molecule has 1 aliphatic carbocycles. The van der Waals surface area contributed by atoms with Crippen molar-refractivity contribution < 1.29 is 27.5 Å². The van der Waals surface area contributed by atoms with Crippen LogP contribution in [0, 0.1) is 31.6 Å².